The number of hydrogen-bond acceptors (Lipinski definition) is 6. The molecule has 6 heteroatoms. The molecule has 3 aliphatic rings. The molecule has 3 rings (SSSR count). The summed E-state index contributed by atoms with van der Waals surface area (Å²) in [5.74, 6) is -1.64. The van der Waals surface area contributed by atoms with Gasteiger partial charge in [0.1, 0.15) is 12.2 Å². The standard InChI is InChI=1S/C27H42O6/c1-9-14(2)25(31)33-20-12-15(3)21-19(30)13-27(8)11-10-18(29)16(4)22(27)24(32-17(5)28)23(20)26(21,6)7/h14,18-20,22-24,29-30H,4,9-13H2,1-3,5-8H3/t14-,18-,19-,20-,22-,23-,24-,27-/m0/s1. The highest BCUT2D eigenvalue weighted by Crippen LogP contribution is 2.60. The molecule has 186 valence electrons. The van der Waals surface area contributed by atoms with Crippen molar-refractivity contribution in [3.8, 4) is 0 Å². The highest BCUT2D eigenvalue weighted by molar-refractivity contribution is 5.72. The van der Waals surface area contributed by atoms with Crippen LogP contribution in [0.25, 0.3) is 0 Å². The molecule has 2 bridgehead atoms. The second-order valence-corrected chi connectivity index (χ2v) is 11.5. The van der Waals surface area contributed by atoms with Gasteiger partial charge in [0.2, 0.25) is 0 Å². The second-order valence-electron chi connectivity index (χ2n) is 11.5. The zero-order chi connectivity index (χ0) is 24.9. The van der Waals surface area contributed by atoms with Gasteiger partial charge in [0.05, 0.1) is 18.1 Å². The van der Waals surface area contributed by atoms with Gasteiger partial charge in [-0.3, -0.25) is 9.59 Å². The van der Waals surface area contributed by atoms with Gasteiger partial charge in [0.25, 0.3) is 0 Å². The molecule has 0 heterocycles. The Morgan fingerprint density at radius 1 is 1.18 bits per heavy atom. The average molecular weight is 463 g/mol. The van der Waals surface area contributed by atoms with Crippen molar-refractivity contribution in [2.45, 2.75) is 105 Å². The normalized spacial score (nSPS) is 39.1. The number of carbonyl (C=O) groups is 2. The second kappa shape index (κ2) is 9.18. The maximum atomic E-state index is 12.9. The van der Waals surface area contributed by atoms with Gasteiger partial charge in [-0.2, -0.15) is 0 Å². The van der Waals surface area contributed by atoms with E-state index in [0.717, 1.165) is 11.1 Å². The van der Waals surface area contributed by atoms with E-state index in [-0.39, 0.29) is 23.7 Å². The van der Waals surface area contributed by atoms with Crippen molar-refractivity contribution in [1.82, 2.24) is 0 Å². The number of hydrogen-bond donors (Lipinski definition) is 2. The molecule has 33 heavy (non-hydrogen) atoms. The Bertz CT molecular complexity index is 842. The van der Waals surface area contributed by atoms with Crippen molar-refractivity contribution in [1.29, 1.82) is 0 Å². The van der Waals surface area contributed by atoms with E-state index in [1.54, 1.807) is 0 Å². The van der Waals surface area contributed by atoms with Crippen LogP contribution in [0.5, 0.6) is 0 Å². The van der Waals surface area contributed by atoms with Crippen molar-refractivity contribution >= 4 is 11.9 Å². The molecule has 0 amide bonds. The lowest BCUT2D eigenvalue weighted by atomic mass is 9.50. The van der Waals surface area contributed by atoms with E-state index in [4.69, 9.17) is 9.47 Å². The van der Waals surface area contributed by atoms with E-state index in [0.29, 0.717) is 37.7 Å². The summed E-state index contributed by atoms with van der Waals surface area (Å²) in [5, 5.41) is 22.2. The quantitative estimate of drug-likeness (QED) is 0.477. The monoisotopic (exact) mass is 462 g/mol. The Morgan fingerprint density at radius 2 is 1.82 bits per heavy atom. The van der Waals surface area contributed by atoms with Crippen LogP contribution in [0, 0.1) is 28.6 Å². The fourth-order valence-electron chi connectivity index (χ4n) is 7.00. The Morgan fingerprint density at radius 3 is 2.39 bits per heavy atom. The van der Waals surface area contributed by atoms with E-state index in [1.165, 1.54) is 6.92 Å². The first-order valence-corrected chi connectivity index (χ1v) is 12.4. The highest BCUT2D eigenvalue weighted by Gasteiger charge is 2.60. The van der Waals surface area contributed by atoms with Crippen molar-refractivity contribution < 1.29 is 29.3 Å². The molecule has 0 radical (unpaired) electrons. The molecule has 0 aromatic carbocycles. The first-order chi connectivity index (χ1) is 15.2. The summed E-state index contributed by atoms with van der Waals surface area (Å²) in [6, 6.07) is 0. The summed E-state index contributed by atoms with van der Waals surface area (Å²) in [4.78, 5) is 25.3. The minimum Gasteiger partial charge on any atom is -0.461 e. The molecule has 8 atom stereocenters. The molecule has 2 fully saturated rings. The molecule has 0 aromatic rings. The molecule has 6 nitrogen and oxygen atoms in total. The highest BCUT2D eigenvalue weighted by atomic mass is 16.6. The van der Waals surface area contributed by atoms with Crippen molar-refractivity contribution in [2.75, 3.05) is 0 Å². The van der Waals surface area contributed by atoms with E-state index in [9.17, 15) is 19.8 Å². The lowest BCUT2D eigenvalue weighted by Gasteiger charge is -2.58. The van der Waals surface area contributed by atoms with E-state index < -0.39 is 41.2 Å². The third-order valence-electron chi connectivity index (χ3n) is 8.72. The van der Waals surface area contributed by atoms with Gasteiger partial charge >= 0.3 is 11.9 Å². The zero-order valence-corrected chi connectivity index (χ0v) is 21.3. The number of carbonyl (C=O) groups excluding carboxylic acids is 2. The Kier molecular flexibility index (Phi) is 7.22. The summed E-state index contributed by atoms with van der Waals surface area (Å²) in [7, 11) is 0. The Hall–Kier alpha value is -1.66. The SMILES string of the molecule is C=C1[C@@H](O)CC[C@@]2(C)C[C@H](O)C3=C(C)C[C@H](OC(=O)[C@@H](C)CC)[C@@H]([C@@H](OC(C)=O)[C@H]12)C3(C)C. The summed E-state index contributed by atoms with van der Waals surface area (Å²) in [5.41, 5.74) is 1.62. The Labute approximate surface area is 198 Å². The zero-order valence-electron chi connectivity index (χ0n) is 21.3. The first-order valence-electron chi connectivity index (χ1n) is 12.4. The van der Waals surface area contributed by atoms with Crippen molar-refractivity contribution in [2.24, 2.45) is 28.6 Å². The molecule has 2 saturated carbocycles. The van der Waals surface area contributed by atoms with Gasteiger partial charge in [-0.1, -0.05) is 46.8 Å². The lowest BCUT2D eigenvalue weighted by Crippen LogP contribution is -2.60. The third-order valence-corrected chi connectivity index (χ3v) is 8.72. The third kappa shape index (κ3) is 4.53. The van der Waals surface area contributed by atoms with Gasteiger partial charge in [-0.25, -0.2) is 0 Å². The summed E-state index contributed by atoms with van der Waals surface area (Å²) < 4.78 is 12.2. The number of fused-ring (bicyclic) bond motifs is 3. The fraction of sp³-hybridized carbons (Fsp3) is 0.778. The van der Waals surface area contributed by atoms with Gasteiger partial charge in [-0.15, -0.1) is 0 Å². The van der Waals surface area contributed by atoms with Gasteiger partial charge in [-0.05, 0) is 54.6 Å². The Balaban J connectivity index is 2.21. The molecular formula is C27H42O6. The van der Waals surface area contributed by atoms with Crippen LogP contribution in [0.15, 0.2) is 23.3 Å². The van der Waals surface area contributed by atoms with Crippen LogP contribution in [-0.4, -0.2) is 46.6 Å². The molecule has 2 N–H and O–H groups in total. The summed E-state index contributed by atoms with van der Waals surface area (Å²) >= 11 is 0. The summed E-state index contributed by atoms with van der Waals surface area (Å²) in [6.07, 6.45) is 0.416. The molecule has 0 unspecified atom stereocenters. The molecule has 0 spiro atoms. The number of aliphatic hydroxyl groups is 2. The average Bonchev–Trinajstić information content (AvgIpc) is 2.68. The number of ether oxygens (including phenoxy) is 2. The lowest BCUT2D eigenvalue weighted by molar-refractivity contribution is -0.184. The predicted octanol–water partition coefficient (Wildman–Crippen LogP) is 4.34. The molecular weight excluding hydrogens is 420 g/mol. The maximum Gasteiger partial charge on any atom is 0.308 e. The van der Waals surface area contributed by atoms with Crippen molar-refractivity contribution in [3.63, 3.8) is 0 Å². The first kappa shape index (κ1) is 26.0. The van der Waals surface area contributed by atoms with E-state index >= 15 is 0 Å². The van der Waals surface area contributed by atoms with E-state index in [1.807, 2.05) is 34.6 Å². The van der Waals surface area contributed by atoms with Crippen LogP contribution < -0.4 is 0 Å². The van der Waals surface area contributed by atoms with E-state index in [2.05, 4.69) is 13.5 Å². The van der Waals surface area contributed by atoms with Crippen LogP contribution in [0.2, 0.25) is 0 Å². The van der Waals surface area contributed by atoms with Gasteiger partial charge in [0, 0.05) is 25.2 Å². The molecule has 0 aliphatic heterocycles. The van der Waals surface area contributed by atoms with Crippen LogP contribution in [0.1, 0.15) is 80.6 Å². The topological polar surface area (TPSA) is 93.1 Å². The molecule has 3 aliphatic carbocycles. The minimum atomic E-state index is -0.692. The van der Waals surface area contributed by atoms with Gasteiger partial charge in [0.15, 0.2) is 0 Å². The number of aliphatic hydroxyl groups excluding tert-OH is 2. The fourth-order valence-corrected chi connectivity index (χ4v) is 7.00. The maximum absolute atomic E-state index is 12.9. The number of rotatable bonds is 4. The minimum absolute atomic E-state index is 0.234. The van der Waals surface area contributed by atoms with Crippen LogP contribution >= 0.6 is 0 Å². The van der Waals surface area contributed by atoms with Crippen LogP contribution in [0.4, 0.5) is 0 Å². The predicted molar refractivity (Wildman–Crippen MR) is 126 cm³/mol. The van der Waals surface area contributed by atoms with Gasteiger partial charge < -0.3 is 19.7 Å². The summed E-state index contributed by atoms with van der Waals surface area (Å²) in [6.45, 7) is 17.6. The van der Waals surface area contributed by atoms with Crippen molar-refractivity contribution in [3.05, 3.63) is 23.3 Å². The van der Waals surface area contributed by atoms with Crippen LogP contribution in [0.3, 0.4) is 0 Å². The number of esters is 2. The molecule has 0 aromatic heterocycles. The largest absolute Gasteiger partial charge is 0.461 e. The molecule has 0 saturated heterocycles. The van der Waals surface area contributed by atoms with Crippen LogP contribution in [-0.2, 0) is 19.1 Å². The smallest absolute Gasteiger partial charge is 0.308 e.